The van der Waals surface area contributed by atoms with Gasteiger partial charge in [0.2, 0.25) is 0 Å². The average molecular weight is 287 g/mol. The van der Waals surface area contributed by atoms with Crippen molar-refractivity contribution in [1.29, 1.82) is 0 Å². The topological polar surface area (TPSA) is 87.3 Å². The second-order valence-electron chi connectivity index (χ2n) is 4.32. The molecule has 0 N–H and O–H groups in total. The highest BCUT2D eigenvalue weighted by Gasteiger charge is 2.10. The highest BCUT2D eigenvalue weighted by Crippen LogP contribution is 2.21. The van der Waals surface area contributed by atoms with E-state index in [-0.39, 0.29) is 5.69 Å². The van der Waals surface area contributed by atoms with Gasteiger partial charge in [-0.3, -0.25) is 10.1 Å². The lowest BCUT2D eigenvalue weighted by Gasteiger charge is -2.04. The molecule has 108 valence electrons. The molecule has 0 fully saturated rings. The maximum absolute atomic E-state index is 11.1. The van der Waals surface area contributed by atoms with E-state index >= 15 is 0 Å². The molecule has 0 unspecified atom stereocenters. The quantitative estimate of drug-likeness (QED) is 0.372. The minimum Gasteiger partial charge on any atom is -0.466 e. The number of non-ortho nitro benzene ring substituents is 1. The molecular weight excluding hydrogens is 274 g/mol. The third kappa shape index (κ3) is 3.53. The molecule has 0 saturated heterocycles. The number of esters is 1. The van der Waals surface area contributed by atoms with Crippen molar-refractivity contribution < 1.29 is 14.5 Å². The van der Waals surface area contributed by atoms with Crippen LogP contribution < -0.4 is 0 Å². The molecule has 0 aliphatic rings. The Morgan fingerprint density at radius 1 is 1.43 bits per heavy atom. The molecule has 7 heteroatoms. The summed E-state index contributed by atoms with van der Waals surface area (Å²) in [7, 11) is 1.26. The Hall–Kier alpha value is -2.96. The maximum Gasteiger partial charge on any atom is 0.330 e. The van der Waals surface area contributed by atoms with Gasteiger partial charge in [-0.1, -0.05) is 0 Å². The van der Waals surface area contributed by atoms with Crippen LogP contribution in [0.4, 0.5) is 5.69 Å². The molecule has 0 radical (unpaired) electrons. The van der Waals surface area contributed by atoms with E-state index in [9.17, 15) is 14.9 Å². The second-order valence-corrected chi connectivity index (χ2v) is 4.32. The number of hydrogen-bond donors (Lipinski definition) is 0. The normalized spacial score (nSPS) is 10.8. The fourth-order valence-electron chi connectivity index (χ4n) is 1.76. The third-order valence-corrected chi connectivity index (χ3v) is 2.76. The van der Waals surface area contributed by atoms with Crippen molar-refractivity contribution in [2.75, 3.05) is 7.11 Å². The number of benzene rings is 1. The van der Waals surface area contributed by atoms with Gasteiger partial charge in [0.1, 0.15) is 0 Å². The zero-order valence-corrected chi connectivity index (χ0v) is 11.5. The van der Waals surface area contributed by atoms with Crippen molar-refractivity contribution in [3.63, 3.8) is 0 Å². The summed E-state index contributed by atoms with van der Waals surface area (Å²) in [6, 6.07) is 4.54. The van der Waals surface area contributed by atoms with Gasteiger partial charge >= 0.3 is 5.97 Å². The lowest BCUT2D eigenvalue weighted by atomic mass is 10.1. The highest BCUT2D eigenvalue weighted by molar-refractivity contribution is 5.87. The van der Waals surface area contributed by atoms with Crippen LogP contribution in [-0.2, 0) is 9.53 Å². The van der Waals surface area contributed by atoms with E-state index in [4.69, 9.17) is 0 Å². The van der Waals surface area contributed by atoms with Gasteiger partial charge in [0.15, 0.2) is 0 Å². The Morgan fingerprint density at radius 3 is 2.76 bits per heavy atom. The first-order valence-corrected chi connectivity index (χ1v) is 6.06. The maximum atomic E-state index is 11.1. The molecule has 1 heterocycles. The summed E-state index contributed by atoms with van der Waals surface area (Å²) in [6.07, 6.45) is 6.00. The summed E-state index contributed by atoms with van der Waals surface area (Å²) in [5.74, 6) is -0.526. The fraction of sp³-hybridized carbons (Fsp3) is 0.143. The third-order valence-electron chi connectivity index (χ3n) is 2.76. The van der Waals surface area contributed by atoms with Gasteiger partial charge in [0.25, 0.3) is 5.69 Å². The van der Waals surface area contributed by atoms with E-state index in [0.717, 1.165) is 5.69 Å². The first-order chi connectivity index (χ1) is 9.99. The SMILES string of the molecule is COC(=O)/C=C/c1cc(-n2cnc(C)c2)cc([N+](=O)[O-])c1. The van der Waals surface area contributed by atoms with Crippen molar-refractivity contribution in [2.24, 2.45) is 0 Å². The molecule has 0 saturated carbocycles. The first-order valence-electron chi connectivity index (χ1n) is 6.06. The molecule has 0 aliphatic carbocycles. The van der Waals surface area contributed by atoms with Crippen LogP contribution in [0.15, 0.2) is 36.8 Å². The van der Waals surface area contributed by atoms with Gasteiger partial charge in [0, 0.05) is 24.4 Å². The van der Waals surface area contributed by atoms with Crippen molar-refractivity contribution in [1.82, 2.24) is 9.55 Å². The molecule has 7 nitrogen and oxygen atoms in total. The van der Waals surface area contributed by atoms with E-state index in [0.29, 0.717) is 11.3 Å². The van der Waals surface area contributed by atoms with Gasteiger partial charge in [-0.05, 0) is 24.6 Å². The van der Waals surface area contributed by atoms with E-state index < -0.39 is 10.9 Å². The highest BCUT2D eigenvalue weighted by atomic mass is 16.6. The second kappa shape index (κ2) is 6.00. The van der Waals surface area contributed by atoms with Gasteiger partial charge in [-0.2, -0.15) is 0 Å². The number of imidazole rings is 1. The van der Waals surface area contributed by atoms with Crippen LogP contribution in [0.5, 0.6) is 0 Å². The van der Waals surface area contributed by atoms with Crippen LogP contribution in [0, 0.1) is 17.0 Å². The number of ether oxygens (including phenoxy) is 1. The molecular formula is C14H13N3O4. The summed E-state index contributed by atoms with van der Waals surface area (Å²) in [5, 5.41) is 11.0. The first kappa shape index (κ1) is 14.4. The van der Waals surface area contributed by atoms with Crippen molar-refractivity contribution >= 4 is 17.7 Å². The summed E-state index contributed by atoms with van der Waals surface area (Å²) in [6.45, 7) is 1.83. The summed E-state index contributed by atoms with van der Waals surface area (Å²) < 4.78 is 6.17. The summed E-state index contributed by atoms with van der Waals surface area (Å²) in [4.78, 5) is 25.7. The number of nitro benzene ring substituents is 1. The predicted octanol–water partition coefficient (Wildman–Crippen LogP) is 2.28. The van der Waals surface area contributed by atoms with E-state index in [2.05, 4.69) is 9.72 Å². The molecule has 0 atom stereocenters. The Balaban J connectivity index is 2.46. The predicted molar refractivity (Wildman–Crippen MR) is 76.0 cm³/mol. The van der Waals surface area contributed by atoms with Crippen LogP contribution >= 0.6 is 0 Å². The zero-order valence-electron chi connectivity index (χ0n) is 11.5. The molecule has 21 heavy (non-hydrogen) atoms. The molecule has 1 aromatic carbocycles. The average Bonchev–Trinajstić information content (AvgIpc) is 2.91. The standard InChI is InChI=1S/C14H13N3O4/c1-10-8-16(9-15-10)12-5-11(3-4-14(18)21-2)6-13(7-12)17(19)20/h3-9H,1-2H3/b4-3+. The number of carbonyl (C=O) groups excluding carboxylic acids is 1. The molecule has 0 bridgehead atoms. The number of aryl methyl sites for hydroxylation is 1. The molecule has 0 spiro atoms. The smallest absolute Gasteiger partial charge is 0.330 e. The van der Waals surface area contributed by atoms with Gasteiger partial charge < -0.3 is 9.30 Å². The minimum atomic E-state index is -0.526. The molecule has 1 aromatic heterocycles. The monoisotopic (exact) mass is 287 g/mol. The molecule has 2 rings (SSSR count). The minimum absolute atomic E-state index is 0.0663. The van der Waals surface area contributed by atoms with E-state index in [1.54, 1.807) is 23.2 Å². The summed E-state index contributed by atoms with van der Waals surface area (Å²) >= 11 is 0. The van der Waals surface area contributed by atoms with Gasteiger partial charge in [-0.25, -0.2) is 9.78 Å². The van der Waals surface area contributed by atoms with Crippen molar-refractivity contribution in [3.8, 4) is 5.69 Å². The van der Waals surface area contributed by atoms with Crippen molar-refractivity contribution in [3.05, 3.63) is 58.2 Å². The molecule has 0 amide bonds. The fourth-order valence-corrected chi connectivity index (χ4v) is 1.76. The largest absolute Gasteiger partial charge is 0.466 e. The van der Waals surface area contributed by atoms with Crippen LogP contribution in [0.1, 0.15) is 11.3 Å². The number of nitro groups is 1. The molecule has 0 aliphatic heterocycles. The number of hydrogen-bond acceptors (Lipinski definition) is 5. The van der Waals surface area contributed by atoms with Crippen LogP contribution in [-0.4, -0.2) is 27.6 Å². The molecule has 2 aromatic rings. The summed E-state index contributed by atoms with van der Waals surface area (Å²) in [5.41, 5.74) is 1.85. The van der Waals surface area contributed by atoms with Crippen LogP contribution in [0.25, 0.3) is 11.8 Å². The Labute approximate surface area is 120 Å². The van der Waals surface area contributed by atoms with E-state index in [1.807, 2.05) is 6.92 Å². The number of methoxy groups -OCH3 is 1. The van der Waals surface area contributed by atoms with Crippen LogP contribution in [0.2, 0.25) is 0 Å². The Bertz CT molecular complexity index is 719. The zero-order chi connectivity index (χ0) is 15.4. The lowest BCUT2D eigenvalue weighted by Crippen LogP contribution is -1.96. The number of carbonyl (C=O) groups is 1. The van der Waals surface area contributed by atoms with E-state index in [1.165, 1.54) is 31.4 Å². The van der Waals surface area contributed by atoms with Gasteiger partial charge in [0.05, 0.1) is 29.7 Å². The lowest BCUT2D eigenvalue weighted by molar-refractivity contribution is -0.384. The number of rotatable bonds is 4. The van der Waals surface area contributed by atoms with Crippen LogP contribution in [0.3, 0.4) is 0 Å². The van der Waals surface area contributed by atoms with Gasteiger partial charge in [-0.15, -0.1) is 0 Å². The number of aromatic nitrogens is 2. The Kier molecular flexibility index (Phi) is 4.13. The Morgan fingerprint density at radius 2 is 2.19 bits per heavy atom. The van der Waals surface area contributed by atoms with Crippen molar-refractivity contribution in [2.45, 2.75) is 6.92 Å². The number of nitrogens with zero attached hydrogens (tertiary/aromatic N) is 3.